The Morgan fingerprint density at radius 2 is 2.25 bits per heavy atom. The normalized spacial score (nSPS) is 12.5. The van der Waals surface area contributed by atoms with Gasteiger partial charge in [-0.3, -0.25) is 9.00 Å². The second-order valence-electron chi connectivity index (χ2n) is 4.17. The summed E-state index contributed by atoms with van der Waals surface area (Å²) in [4.78, 5) is 12.4. The van der Waals surface area contributed by atoms with Crippen LogP contribution in [0.2, 0.25) is 0 Å². The molecule has 3 N–H and O–H groups in total. The van der Waals surface area contributed by atoms with Crippen LogP contribution in [0, 0.1) is 5.82 Å². The number of nitrogens with two attached hydrogens (primary N) is 1. The van der Waals surface area contributed by atoms with E-state index in [2.05, 4.69) is 5.32 Å². The van der Waals surface area contributed by atoms with Crippen LogP contribution in [0.4, 0.5) is 10.1 Å². The number of carbonyl (C=O) groups is 1. The summed E-state index contributed by atoms with van der Waals surface area (Å²) in [5, 5.41) is 3.24. The number of halogens is 1. The smallest absolute Gasteiger partial charge is 0.263 e. The molecule has 0 aliphatic heterocycles. The van der Waals surface area contributed by atoms with Crippen LogP contribution in [0.1, 0.15) is 16.6 Å². The van der Waals surface area contributed by atoms with Gasteiger partial charge in [-0.25, -0.2) is 4.39 Å². The molecule has 0 saturated heterocycles. The highest BCUT2D eigenvalue weighted by Gasteiger charge is 2.16. The van der Waals surface area contributed by atoms with Gasteiger partial charge in [-0.1, -0.05) is 6.92 Å². The Morgan fingerprint density at radius 1 is 1.50 bits per heavy atom. The van der Waals surface area contributed by atoms with Crippen molar-refractivity contribution in [3.8, 4) is 0 Å². The van der Waals surface area contributed by atoms with Gasteiger partial charge in [0.05, 0.1) is 5.69 Å². The molecule has 0 aliphatic carbocycles. The average Bonchev–Trinajstić information content (AvgIpc) is 2.75. The van der Waals surface area contributed by atoms with Crippen LogP contribution < -0.4 is 11.1 Å². The molecular formula is C13H15FN2O2S2. The zero-order valence-electron chi connectivity index (χ0n) is 10.9. The molecule has 2 rings (SSSR count). The molecule has 0 bridgehead atoms. The van der Waals surface area contributed by atoms with Crippen LogP contribution in [-0.4, -0.2) is 28.2 Å². The monoisotopic (exact) mass is 314 g/mol. The minimum atomic E-state index is -0.915. The van der Waals surface area contributed by atoms with E-state index < -0.39 is 10.8 Å². The van der Waals surface area contributed by atoms with Crippen molar-refractivity contribution in [1.82, 2.24) is 5.32 Å². The number of amides is 1. The molecule has 0 spiro atoms. The summed E-state index contributed by atoms with van der Waals surface area (Å²) >= 11 is 1.23. The lowest BCUT2D eigenvalue weighted by atomic mass is 10.2. The van der Waals surface area contributed by atoms with Crippen LogP contribution in [0.25, 0.3) is 10.1 Å². The summed E-state index contributed by atoms with van der Waals surface area (Å²) in [5.41, 5.74) is 6.18. The zero-order chi connectivity index (χ0) is 14.7. The summed E-state index contributed by atoms with van der Waals surface area (Å²) in [6.45, 7) is 2.16. The fourth-order valence-electron chi connectivity index (χ4n) is 1.76. The first kappa shape index (κ1) is 14.9. The van der Waals surface area contributed by atoms with E-state index in [0.717, 1.165) is 4.70 Å². The number of rotatable bonds is 5. The molecule has 4 nitrogen and oxygen atoms in total. The molecule has 1 amide bonds. The number of hydrogen-bond acceptors (Lipinski definition) is 4. The predicted molar refractivity (Wildman–Crippen MR) is 82.1 cm³/mol. The van der Waals surface area contributed by atoms with Crippen molar-refractivity contribution in [3.05, 3.63) is 28.9 Å². The van der Waals surface area contributed by atoms with E-state index in [9.17, 15) is 13.4 Å². The van der Waals surface area contributed by atoms with Crippen molar-refractivity contribution in [2.24, 2.45) is 0 Å². The third-order valence-electron chi connectivity index (χ3n) is 2.83. The van der Waals surface area contributed by atoms with Crippen molar-refractivity contribution < 1.29 is 13.4 Å². The van der Waals surface area contributed by atoms with Crippen molar-refractivity contribution in [2.45, 2.75) is 6.92 Å². The number of hydrogen-bond donors (Lipinski definition) is 2. The Hall–Kier alpha value is -1.47. The largest absolute Gasteiger partial charge is 0.397 e. The van der Waals surface area contributed by atoms with Gasteiger partial charge in [0.1, 0.15) is 10.7 Å². The van der Waals surface area contributed by atoms with E-state index in [1.807, 2.05) is 6.92 Å². The third kappa shape index (κ3) is 3.16. The number of nitrogen functional groups attached to an aromatic ring is 1. The van der Waals surface area contributed by atoms with E-state index in [-0.39, 0.29) is 11.7 Å². The van der Waals surface area contributed by atoms with E-state index >= 15 is 0 Å². The van der Waals surface area contributed by atoms with Crippen molar-refractivity contribution >= 4 is 43.8 Å². The molecular weight excluding hydrogens is 299 g/mol. The average molecular weight is 314 g/mol. The van der Waals surface area contributed by atoms with Gasteiger partial charge in [-0.15, -0.1) is 11.3 Å². The van der Waals surface area contributed by atoms with Crippen molar-refractivity contribution in [3.63, 3.8) is 0 Å². The molecule has 0 fully saturated rings. The number of thiophene rings is 1. The maximum Gasteiger partial charge on any atom is 0.263 e. The van der Waals surface area contributed by atoms with Crippen LogP contribution in [-0.2, 0) is 10.8 Å². The van der Waals surface area contributed by atoms with Crippen LogP contribution in [0.5, 0.6) is 0 Å². The van der Waals surface area contributed by atoms with Gasteiger partial charge in [0.15, 0.2) is 0 Å². The number of benzene rings is 1. The Morgan fingerprint density at radius 3 is 2.95 bits per heavy atom. The fourth-order valence-corrected chi connectivity index (χ4v) is 3.40. The maximum atomic E-state index is 13.2. The quantitative estimate of drug-likeness (QED) is 0.888. The molecule has 2 aromatic rings. The van der Waals surface area contributed by atoms with E-state index in [0.29, 0.717) is 34.0 Å². The zero-order valence-corrected chi connectivity index (χ0v) is 12.6. The molecule has 1 unspecified atom stereocenters. The second kappa shape index (κ2) is 6.32. The third-order valence-corrected chi connectivity index (χ3v) is 5.32. The number of anilines is 1. The summed E-state index contributed by atoms with van der Waals surface area (Å²) in [7, 11) is -0.915. The van der Waals surface area contributed by atoms with Crippen LogP contribution in [0.15, 0.2) is 18.2 Å². The highest BCUT2D eigenvalue weighted by atomic mass is 32.2. The number of fused-ring (bicyclic) bond motifs is 1. The Labute approximate surface area is 122 Å². The molecule has 1 aromatic heterocycles. The fraction of sp³-hybridized carbons (Fsp3) is 0.308. The minimum Gasteiger partial charge on any atom is -0.397 e. The highest BCUT2D eigenvalue weighted by Crippen LogP contribution is 2.33. The second-order valence-corrected chi connectivity index (χ2v) is 7.09. The van der Waals surface area contributed by atoms with E-state index in [4.69, 9.17) is 5.73 Å². The van der Waals surface area contributed by atoms with E-state index in [1.165, 1.54) is 23.5 Å². The molecule has 0 radical (unpaired) electrons. The summed E-state index contributed by atoms with van der Waals surface area (Å²) in [6.07, 6.45) is 0. The van der Waals surface area contributed by atoms with Gasteiger partial charge >= 0.3 is 0 Å². The van der Waals surface area contributed by atoms with Gasteiger partial charge < -0.3 is 11.1 Å². The minimum absolute atomic E-state index is 0.290. The van der Waals surface area contributed by atoms with Gasteiger partial charge in [-0.2, -0.15) is 0 Å². The predicted octanol–water partition coefficient (Wildman–Crippen LogP) is 2.12. The molecule has 0 aliphatic rings. The first-order valence-electron chi connectivity index (χ1n) is 6.13. The lowest BCUT2D eigenvalue weighted by molar-refractivity contribution is 0.0961. The van der Waals surface area contributed by atoms with Crippen LogP contribution in [0.3, 0.4) is 0 Å². The summed E-state index contributed by atoms with van der Waals surface area (Å²) in [6, 6.07) is 4.27. The molecule has 108 valence electrons. The first-order valence-corrected chi connectivity index (χ1v) is 8.44. The van der Waals surface area contributed by atoms with Crippen molar-refractivity contribution in [2.75, 3.05) is 23.8 Å². The van der Waals surface area contributed by atoms with Gasteiger partial charge in [0.25, 0.3) is 5.91 Å². The molecule has 1 heterocycles. The lowest BCUT2D eigenvalue weighted by Gasteiger charge is -2.03. The lowest BCUT2D eigenvalue weighted by Crippen LogP contribution is -2.27. The number of carbonyl (C=O) groups excluding carboxylic acids is 1. The van der Waals surface area contributed by atoms with Crippen molar-refractivity contribution in [1.29, 1.82) is 0 Å². The molecule has 1 atom stereocenters. The van der Waals surface area contributed by atoms with E-state index in [1.54, 1.807) is 6.07 Å². The number of nitrogens with one attached hydrogen (secondary N) is 1. The van der Waals surface area contributed by atoms with Gasteiger partial charge in [0, 0.05) is 38.9 Å². The first-order chi connectivity index (χ1) is 9.52. The standard InChI is InChI=1S/C13H15FN2O2S2/c1-2-20(18)6-5-16-13(17)12-11(15)9-7-8(14)3-4-10(9)19-12/h3-4,7H,2,5-6,15H2,1H3,(H,16,17). The maximum absolute atomic E-state index is 13.2. The SMILES string of the molecule is CCS(=O)CCNC(=O)c1sc2ccc(F)cc2c1N. The van der Waals surface area contributed by atoms with Crippen LogP contribution >= 0.6 is 11.3 Å². The topological polar surface area (TPSA) is 72.2 Å². The molecule has 7 heteroatoms. The van der Waals surface area contributed by atoms with Gasteiger partial charge in [-0.05, 0) is 18.2 Å². The Bertz CT molecular complexity index is 670. The Kier molecular flexibility index (Phi) is 4.72. The highest BCUT2D eigenvalue weighted by molar-refractivity contribution is 7.84. The summed E-state index contributed by atoms with van der Waals surface area (Å²) < 4.78 is 25.2. The summed E-state index contributed by atoms with van der Waals surface area (Å²) in [5.74, 6) is 0.298. The Balaban J connectivity index is 2.14. The molecule has 20 heavy (non-hydrogen) atoms. The van der Waals surface area contributed by atoms with Gasteiger partial charge in [0.2, 0.25) is 0 Å². The molecule has 1 aromatic carbocycles. The molecule has 0 saturated carbocycles.